The number of rotatable bonds is 3. The Labute approximate surface area is 120 Å². The van der Waals surface area contributed by atoms with Gasteiger partial charge in [-0.1, -0.05) is 0 Å². The zero-order valence-electron chi connectivity index (χ0n) is 12.9. The first-order chi connectivity index (χ1) is 9.25. The van der Waals surface area contributed by atoms with E-state index in [0.717, 1.165) is 31.6 Å². The molecule has 0 aliphatic carbocycles. The molecule has 2 N–H and O–H groups in total. The van der Waals surface area contributed by atoms with Gasteiger partial charge in [-0.15, -0.1) is 0 Å². The van der Waals surface area contributed by atoms with E-state index in [-0.39, 0.29) is 11.4 Å². The van der Waals surface area contributed by atoms with Crippen LogP contribution in [0, 0.1) is 0 Å². The number of hydrogen-bond acceptors (Lipinski definition) is 4. The van der Waals surface area contributed by atoms with Gasteiger partial charge in [-0.05, 0) is 53.5 Å². The maximum atomic E-state index is 11.8. The second kappa shape index (κ2) is 5.16. The molecule has 1 atom stereocenters. The molecule has 1 amide bonds. The van der Waals surface area contributed by atoms with Gasteiger partial charge >= 0.3 is 0 Å². The van der Waals surface area contributed by atoms with E-state index in [1.807, 2.05) is 11.6 Å². The van der Waals surface area contributed by atoms with E-state index in [1.165, 1.54) is 0 Å². The van der Waals surface area contributed by atoms with Crippen molar-refractivity contribution in [1.82, 2.24) is 19.7 Å². The van der Waals surface area contributed by atoms with E-state index >= 15 is 0 Å². The monoisotopic (exact) mass is 279 g/mol. The molecular formula is C14H25N5O. The predicted octanol–water partition coefficient (Wildman–Crippen LogP) is 1.26. The van der Waals surface area contributed by atoms with Crippen LogP contribution in [0.15, 0.2) is 6.33 Å². The van der Waals surface area contributed by atoms with Gasteiger partial charge in [0.2, 0.25) is 5.91 Å². The molecule has 1 aromatic rings. The fraction of sp³-hybridized carbons (Fsp3) is 0.786. The molecule has 1 aromatic heterocycles. The third kappa shape index (κ3) is 2.70. The molecule has 6 nitrogen and oxygen atoms in total. The summed E-state index contributed by atoms with van der Waals surface area (Å²) in [4.78, 5) is 18.3. The lowest BCUT2D eigenvalue weighted by Gasteiger charge is -2.42. The van der Waals surface area contributed by atoms with E-state index in [2.05, 4.69) is 35.8 Å². The fourth-order valence-corrected chi connectivity index (χ4v) is 2.81. The molecule has 0 saturated carbocycles. The largest absolute Gasteiger partial charge is 0.368 e. The van der Waals surface area contributed by atoms with Crippen LogP contribution in [0.5, 0.6) is 0 Å². The number of hydrogen-bond donors (Lipinski definition) is 1. The maximum Gasteiger partial charge on any atom is 0.237 e. The summed E-state index contributed by atoms with van der Waals surface area (Å²) in [6.07, 6.45) is 4.52. The number of nitrogens with zero attached hydrogens (tertiary/aromatic N) is 4. The highest BCUT2D eigenvalue weighted by molar-refractivity contribution is 5.84. The van der Waals surface area contributed by atoms with Gasteiger partial charge in [0.15, 0.2) is 0 Å². The third-order valence-electron chi connectivity index (χ3n) is 4.16. The Morgan fingerprint density at radius 1 is 1.45 bits per heavy atom. The van der Waals surface area contributed by atoms with Gasteiger partial charge in [0.05, 0.1) is 17.6 Å². The average Bonchev–Trinajstić information content (AvgIpc) is 2.80. The lowest BCUT2D eigenvalue weighted by molar-refractivity contribution is -0.132. The summed E-state index contributed by atoms with van der Waals surface area (Å²) in [5, 5.41) is 4.31. The molecule has 112 valence electrons. The summed E-state index contributed by atoms with van der Waals surface area (Å²) in [5.74, 6) is 0.630. The summed E-state index contributed by atoms with van der Waals surface area (Å²) in [7, 11) is 0. The van der Waals surface area contributed by atoms with Crippen LogP contribution < -0.4 is 5.73 Å². The van der Waals surface area contributed by atoms with Crippen LogP contribution >= 0.6 is 0 Å². The van der Waals surface area contributed by atoms with Crippen molar-refractivity contribution in [2.24, 2.45) is 5.73 Å². The number of piperidine rings is 1. The molecule has 0 radical (unpaired) electrons. The summed E-state index contributed by atoms with van der Waals surface area (Å²) < 4.78 is 1.92. The summed E-state index contributed by atoms with van der Waals surface area (Å²) in [6.45, 7) is 9.69. The third-order valence-corrected chi connectivity index (χ3v) is 4.16. The summed E-state index contributed by atoms with van der Waals surface area (Å²) in [5.41, 5.74) is 4.92. The highest BCUT2D eigenvalue weighted by Gasteiger charge is 2.40. The van der Waals surface area contributed by atoms with Crippen LogP contribution in [0.4, 0.5) is 0 Å². The first-order valence-corrected chi connectivity index (χ1v) is 7.19. The lowest BCUT2D eigenvalue weighted by atomic mass is 9.87. The van der Waals surface area contributed by atoms with Crippen molar-refractivity contribution in [2.45, 2.75) is 64.6 Å². The van der Waals surface area contributed by atoms with Crippen molar-refractivity contribution in [3.63, 3.8) is 0 Å². The van der Waals surface area contributed by atoms with Gasteiger partial charge in [-0.3, -0.25) is 9.69 Å². The molecule has 20 heavy (non-hydrogen) atoms. The zero-order chi connectivity index (χ0) is 15.0. The van der Waals surface area contributed by atoms with Gasteiger partial charge in [0, 0.05) is 0 Å². The second-order valence-electron chi connectivity index (χ2n) is 6.78. The van der Waals surface area contributed by atoms with Crippen LogP contribution in [-0.4, -0.2) is 37.7 Å². The first-order valence-electron chi connectivity index (χ1n) is 7.19. The standard InChI is InChI=1S/C14H25N5O/c1-13(2,3)19-11(16-10-17-19)9-18-8-6-5-7-14(18,4)12(15)20/h10H,5-9H2,1-4H3,(H2,15,20). The Bertz CT molecular complexity index is 490. The van der Waals surface area contributed by atoms with Gasteiger partial charge in [-0.25, -0.2) is 9.67 Å². The zero-order valence-corrected chi connectivity index (χ0v) is 12.9. The summed E-state index contributed by atoms with van der Waals surface area (Å²) in [6, 6.07) is 0. The molecule has 0 bridgehead atoms. The number of amides is 1. The molecule has 2 heterocycles. The molecule has 2 rings (SSSR count). The Morgan fingerprint density at radius 2 is 2.15 bits per heavy atom. The van der Waals surface area contributed by atoms with Crippen LogP contribution in [0.2, 0.25) is 0 Å². The van der Waals surface area contributed by atoms with E-state index in [4.69, 9.17) is 5.73 Å². The number of primary amides is 1. The highest BCUT2D eigenvalue weighted by Crippen LogP contribution is 2.29. The number of carbonyl (C=O) groups is 1. The van der Waals surface area contributed by atoms with Crippen LogP contribution in [0.25, 0.3) is 0 Å². The smallest absolute Gasteiger partial charge is 0.237 e. The molecule has 1 unspecified atom stereocenters. The van der Waals surface area contributed by atoms with E-state index in [9.17, 15) is 4.79 Å². The minimum absolute atomic E-state index is 0.120. The van der Waals surface area contributed by atoms with E-state index < -0.39 is 5.54 Å². The second-order valence-corrected chi connectivity index (χ2v) is 6.78. The van der Waals surface area contributed by atoms with E-state index in [0.29, 0.717) is 6.54 Å². The van der Waals surface area contributed by atoms with Crippen molar-refractivity contribution in [3.05, 3.63) is 12.2 Å². The Hall–Kier alpha value is -1.43. The van der Waals surface area contributed by atoms with Gasteiger partial charge in [-0.2, -0.15) is 5.10 Å². The molecule has 0 spiro atoms. The predicted molar refractivity (Wildman–Crippen MR) is 76.9 cm³/mol. The SMILES string of the molecule is CC1(C(N)=O)CCCCN1Cc1ncnn1C(C)(C)C. The summed E-state index contributed by atoms with van der Waals surface area (Å²) >= 11 is 0. The highest BCUT2D eigenvalue weighted by atomic mass is 16.1. The quantitative estimate of drug-likeness (QED) is 0.903. The number of nitrogens with two attached hydrogens (primary N) is 1. The van der Waals surface area contributed by atoms with Crippen molar-refractivity contribution in [1.29, 1.82) is 0 Å². The van der Waals surface area contributed by atoms with Crippen LogP contribution in [-0.2, 0) is 16.9 Å². The number of likely N-dealkylation sites (tertiary alicyclic amines) is 1. The fourth-order valence-electron chi connectivity index (χ4n) is 2.81. The molecule has 1 saturated heterocycles. The molecule has 1 aliphatic heterocycles. The molecule has 6 heteroatoms. The Balaban J connectivity index is 2.24. The minimum atomic E-state index is -0.576. The van der Waals surface area contributed by atoms with Crippen LogP contribution in [0.3, 0.4) is 0 Å². The Morgan fingerprint density at radius 3 is 2.75 bits per heavy atom. The lowest BCUT2D eigenvalue weighted by Crippen LogP contribution is -2.57. The molecular weight excluding hydrogens is 254 g/mol. The molecule has 0 aromatic carbocycles. The number of carbonyl (C=O) groups excluding carboxylic acids is 1. The maximum absolute atomic E-state index is 11.8. The van der Waals surface area contributed by atoms with Gasteiger partial charge in [0.25, 0.3) is 0 Å². The molecule has 1 aliphatic rings. The normalized spacial score (nSPS) is 24.8. The van der Waals surface area contributed by atoms with Crippen molar-refractivity contribution in [2.75, 3.05) is 6.54 Å². The van der Waals surface area contributed by atoms with Gasteiger partial charge < -0.3 is 5.73 Å². The van der Waals surface area contributed by atoms with Crippen molar-refractivity contribution >= 4 is 5.91 Å². The topological polar surface area (TPSA) is 77.0 Å². The average molecular weight is 279 g/mol. The Kier molecular flexibility index (Phi) is 3.86. The van der Waals surface area contributed by atoms with E-state index in [1.54, 1.807) is 6.33 Å². The van der Waals surface area contributed by atoms with Crippen molar-refractivity contribution in [3.8, 4) is 0 Å². The molecule has 1 fully saturated rings. The first kappa shape index (κ1) is 15.0. The van der Waals surface area contributed by atoms with Gasteiger partial charge in [0.1, 0.15) is 12.2 Å². The number of aromatic nitrogens is 3. The van der Waals surface area contributed by atoms with Crippen molar-refractivity contribution < 1.29 is 4.79 Å². The van der Waals surface area contributed by atoms with Crippen LogP contribution in [0.1, 0.15) is 52.8 Å². The minimum Gasteiger partial charge on any atom is -0.368 e.